The van der Waals surface area contributed by atoms with Crippen LogP contribution in [0, 0.1) is 6.92 Å². The molecule has 0 aliphatic heterocycles. The molecule has 4 aromatic rings. The molecule has 2 aromatic carbocycles. The van der Waals surface area contributed by atoms with Gasteiger partial charge in [-0.3, -0.25) is 0 Å². The van der Waals surface area contributed by atoms with E-state index in [4.69, 9.17) is 0 Å². The Labute approximate surface area is 117 Å². The summed E-state index contributed by atoms with van der Waals surface area (Å²) in [7, 11) is 0. The summed E-state index contributed by atoms with van der Waals surface area (Å²) in [6.45, 7) is 5.38. The number of hydrogen-bond acceptors (Lipinski definition) is 0. The molecule has 0 aliphatic rings. The van der Waals surface area contributed by atoms with E-state index in [2.05, 4.69) is 77.7 Å². The molecule has 0 atom stereocenters. The third-order valence-electron chi connectivity index (χ3n) is 4.19. The molecule has 20 heavy (non-hydrogen) atoms. The third kappa shape index (κ3) is 1.36. The molecule has 0 N–H and O–H groups in total. The van der Waals surface area contributed by atoms with Crippen LogP contribution in [0.15, 0.2) is 54.9 Å². The fourth-order valence-electron chi connectivity index (χ4n) is 3.24. The van der Waals surface area contributed by atoms with E-state index in [1.54, 1.807) is 0 Å². The Morgan fingerprint density at radius 2 is 1.80 bits per heavy atom. The summed E-state index contributed by atoms with van der Waals surface area (Å²) >= 11 is 0. The monoisotopic (exact) mass is 261 g/mol. The number of nitrogens with zero attached hydrogens (tertiary/aromatic N) is 2. The number of imidazole rings is 1. The molecule has 98 valence electrons. The van der Waals surface area contributed by atoms with E-state index in [9.17, 15) is 0 Å². The third-order valence-corrected chi connectivity index (χ3v) is 4.19. The number of pyridine rings is 1. The van der Waals surface area contributed by atoms with Crippen molar-refractivity contribution in [2.75, 3.05) is 0 Å². The van der Waals surface area contributed by atoms with E-state index in [1.165, 1.54) is 32.9 Å². The maximum Gasteiger partial charge on any atom is 0.294 e. The van der Waals surface area contributed by atoms with Crippen molar-refractivity contribution >= 4 is 27.3 Å². The minimum Gasteiger partial charge on any atom is -0.230 e. The first-order valence-corrected chi connectivity index (χ1v) is 7.12. The Hall–Kier alpha value is -2.35. The fraction of sp³-hybridized carbons (Fsp3) is 0.167. The molecule has 0 amide bonds. The van der Waals surface area contributed by atoms with Crippen molar-refractivity contribution in [3.63, 3.8) is 0 Å². The summed E-state index contributed by atoms with van der Waals surface area (Å²) in [6.07, 6.45) is 4.35. The minimum atomic E-state index is 0.984. The van der Waals surface area contributed by atoms with Crippen molar-refractivity contribution in [1.82, 2.24) is 4.40 Å². The van der Waals surface area contributed by atoms with Crippen molar-refractivity contribution in [3.05, 3.63) is 60.4 Å². The lowest BCUT2D eigenvalue weighted by Gasteiger charge is -2.07. The second-order valence-corrected chi connectivity index (χ2v) is 5.29. The maximum atomic E-state index is 2.32. The molecule has 0 saturated heterocycles. The second-order valence-electron chi connectivity index (χ2n) is 5.29. The van der Waals surface area contributed by atoms with E-state index in [1.807, 2.05) is 0 Å². The molecule has 0 saturated carbocycles. The first-order valence-electron chi connectivity index (χ1n) is 7.12. The van der Waals surface area contributed by atoms with Crippen LogP contribution in [0.5, 0.6) is 0 Å². The zero-order valence-corrected chi connectivity index (χ0v) is 11.8. The molecule has 0 fully saturated rings. The highest BCUT2D eigenvalue weighted by molar-refractivity contribution is 6.12. The van der Waals surface area contributed by atoms with Crippen molar-refractivity contribution in [2.24, 2.45) is 0 Å². The summed E-state index contributed by atoms with van der Waals surface area (Å²) in [5.74, 6) is 0. The molecule has 0 unspecified atom stereocenters. The van der Waals surface area contributed by atoms with Crippen LogP contribution in [0.25, 0.3) is 27.3 Å². The van der Waals surface area contributed by atoms with E-state index in [0.717, 1.165) is 6.54 Å². The molecular weight excluding hydrogens is 244 g/mol. The number of aromatic nitrogens is 2. The van der Waals surface area contributed by atoms with Crippen LogP contribution >= 0.6 is 0 Å². The van der Waals surface area contributed by atoms with Gasteiger partial charge in [0.25, 0.3) is 5.65 Å². The van der Waals surface area contributed by atoms with Gasteiger partial charge < -0.3 is 0 Å². The van der Waals surface area contributed by atoms with Crippen LogP contribution in [0.3, 0.4) is 0 Å². The van der Waals surface area contributed by atoms with Crippen LogP contribution in [0.1, 0.15) is 12.5 Å². The summed E-state index contributed by atoms with van der Waals surface area (Å²) in [4.78, 5) is 0. The molecule has 0 radical (unpaired) electrons. The number of hydrogen-bond donors (Lipinski definition) is 0. The van der Waals surface area contributed by atoms with E-state index in [-0.39, 0.29) is 0 Å². The maximum absolute atomic E-state index is 2.32. The van der Waals surface area contributed by atoms with Gasteiger partial charge in [-0.25, -0.2) is 4.57 Å². The summed E-state index contributed by atoms with van der Waals surface area (Å²) in [5.41, 5.74) is 3.89. The van der Waals surface area contributed by atoms with Crippen molar-refractivity contribution in [1.29, 1.82) is 0 Å². The summed E-state index contributed by atoms with van der Waals surface area (Å²) in [6, 6.07) is 15.2. The second kappa shape index (κ2) is 4.07. The van der Waals surface area contributed by atoms with Crippen LogP contribution in [-0.2, 0) is 6.54 Å². The van der Waals surface area contributed by atoms with Gasteiger partial charge in [0, 0.05) is 10.8 Å². The smallest absolute Gasteiger partial charge is 0.230 e. The van der Waals surface area contributed by atoms with Gasteiger partial charge in [-0.15, -0.1) is 0 Å². The first-order chi connectivity index (χ1) is 9.81. The largest absolute Gasteiger partial charge is 0.294 e. The predicted octanol–water partition coefficient (Wildman–Crippen LogP) is 3.86. The quantitative estimate of drug-likeness (QED) is 0.363. The highest BCUT2D eigenvalue weighted by Crippen LogP contribution is 2.30. The lowest BCUT2D eigenvalue weighted by Crippen LogP contribution is -2.30. The molecule has 0 bridgehead atoms. The normalized spacial score (nSPS) is 11.7. The zero-order chi connectivity index (χ0) is 13.7. The van der Waals surface area contributed by atoms with E-state index in [0.29, 0.717) is 0 Å². The van der Waals surface area contributed by atoms with Crippen molar-refractivity contribution in [2.45, 2.75) is 20.4 Å². The highest BCUT2D eigenvalue weighted by Gasteiger charge is 2.18. The van der Waals surface area contributed by atoms with Gasteiger partial charge in [-0.05, 0) is 25.5 Å². The van der Waals surface area contributed by atoms with Crippen LogP contribution in [-0.4, -0.2) is 4.40 Å². The first kappa shape index (κ1) is 11.5. The van der Waals surface area contributed by atoms with Gasteiger partial charge in [0.15, 0.2) is 0 Å². The van der Waals surface area contributed by atoms with Crippen molar-refractivity contribution in [3.8, 4) is 0 Å². The average molecular weight is 261 g/mol. The van der Waals surface area contributed by atoms with Gasteiger partial charge in [-0.2, -0.15) is 4.40 Å². The van der Waals surface area contributed by atoms with Gasteiger partial charge in [0.05, 0.1) is 11.9 Å². The lowest BCUT2D eigenvalue weighted by molar-refractivity contribution is -0.666. The molecule has 4 rings (SSSR count). The van der Waals surface area contributed by atoms with E-state index < -0.39 is 0 Å². The Bertz CT molecular complexity index is 948. The highest BCUT2D eigenvalue weighted by atomic mass is 15.1. The van der Waals surface area contributed by atoms with Gasteiger partial charge in [0.1, 0.15) is 17.9 Å². The van der Waals surface area contributed by atoms with Crippen molar-refractivity contribution < 1.29 is 4.57 Å². The minimum absolute atomic E-state index is 0.984. The SMILES string of the molecule is CC[n+]1ccn2c3ccccc3c3cccc(C)c3c21. The Kier molecular flexibility index (Phi) is 2.34. The summed E-state index contributed by atoms with van der Waals surface area (Å²) in [5, 5.41) is 4.02. The Morgan fingerprint density at radius 1 is 1.00 bits per heavy atom. The molecular formula is C18H17N2+. The number of benzene rings is 2. The Morgan fingerprint density at radius 3 is 2.65 bits per heavy atom. The average Bonchev–Trinajstić information content (AvgIpc) is 2.91. The molecule has 2 nitrogen and oxygen atoms in total. The molecule has 0 aliphatic carbocycles. The van der Waals surface area contributed by atoms with Crippen LogP contribution in [0.4, 0.5) is 0 Å². The summed E-state index contributed by atoms with van der Waals surface area (Å²) < 4.78 is 4.63. The van der Waals surface area contributed by atoms with Gasteiger partial charge in [0.2, 0.25) is 0 Å². The molecule has 2 heterocycles. The van der Waals surface area contributed by atoms with Gasteiger partial charge >= 0.3 is 0 Å². The number of rotatable bonds is 1. The lowest BCUT2D eigenvalue weighted by atomic mass is 10.0. The van der Waals surface area contributed by atoms with E-state index >= 15 is 0 Å². The zero-order valence-electron chi connectivity index (χ0n) is 11.8. The molecule has 2 aromatic heterocycles. The molecule has 2 heteroatoms. The van der Waals surface area contributed by atoms with Crippen LogP contribution in [0.2, 0.25) is 0 Å². The standard InChI is InChI=1S/C18H17N2/c1-3-19-11-12-20-16-10-5-4-8-14(16)15-9-6-7-13(2)17(15)18(19)20/h4-12H,3H2,1-2H3/q+1. The Balaban J connectivity index is 2.44. The number of fused-ring (bicyclic) bond motifs is 6. The fourth-order valence-corrected chi connectivity index (χ4v) is 3.24. The number of para-hydroxylation sites is 1. The topological polar surface area (TPSA) is 8.29 Å². The van der Waals surface area contributed by atoms with Crippen LogP contribution < -0.4 is 4.57 Å². The number of aryl methyl sites for hydroxylation is 2. The molecule has 0 spiro atoms. The predicted molar refractivity (Wildman–Crippen MR) is 83.0 cm³/mol. The van der Waals surface area contributed by atoms with Gasteiger partial charge in [-0.1, -0.05) is 36.4 Å².